The Morgan fingerprint density at radius 1 is 1.39 bits per heavy atom. The van der Waals surface area contributed by atoms with Gasteiger partial charge in [-0.05, 0) is 55.9 Å². The van der Waals surface area contributed by atoms with Crippen LogP contribution in [0.5, 0.6) is 0 Å². The van der Waals surface area contributed by atoms with Crippen LogP contribution in [0.25, 0.3) is 0 Å². The number of amides is 1. The second-order valence-electron chi connectivity index (χ2n) is 7.08. The Balaban J connectivity index is 1.58. The largest absolute Gasteiger partial charge is 0.312 e. The van der Waals surface area contributed by atoms with Crippen molar-refractivity contribution in [2.75, 3.05) is 0 Å². The number of thioether (sulfide) groups is 1. The highest BCUT2D eigenvalue weighted by Gasteiger charge is 2.19. The lowest BCUT2D eigenvalue weighted by molar-refractivity contribution is 0.0954. The molecule has 0 spiro atoms. The van der Waals surface area contributed by atoms with E-state index < -0.39 is 0 Å². The first-order valence-corrected chi connectivity index (χ1v) is 10.2. The first-order chi connectivity index (χ1) is 13.4. The Morgan fingerprint density at radius 2 is 2.14 bits per heavy atom. The zero-order valence-corrected chi connectivity index (χ0v) is 17.3. The molecule has 1 amide bonds. The predicted molar refractivity (Wildman–Crippen MR) is 113 cm³/mol. The zero-order valence-electron chi connectivity index (χ0n) is 16.5. The number of benzene rings is 1. The van der Waals surface area contributed by atoms with Gasteiger partial charge in [-0.15, -0.1) is 10.2 Å². The first kappa shape index (κ1) is 20.1. The molecule has 0 saturated heterocycles. The van der Waals surface area contributed by atoms with E-state index >= 15 is 0 Å². The van der Waals surface area contributed by atoms with Gasteiger partial charge in [0.1, 0.15) is 6.33 Å². The van der Waals surface area contributed by atoms with E-state index in [0.717, 1.165) is 46.2 Å². The third-order valence-corrected chi connectivity index (χ3v) is 5.95. The highest BCUT2D eigenvalue weighted by Crippen LogP contribution is 2.26. The van der Waals surface area contributed by atoms with Gasteiger partial charge in [-0.25, -0.2) is 5.43 Å². The van der Waals surface area contributed by atoms with Crippen LogP contribution in [0.3, 0.4) is 0 Å². The van der Waals surface area contributed by atoms with E-state index in [0.29, 0.717) is 11.5 Å². The van der Waals surface area contributed by atoms with E-state index in [1.165, 1.54) is 0 Å². The SMILES string of the molecule is C=C(C)[C@H]1CC=C(C)/C(=N/NC(=O)c2ccc(CSc3nncn3C)cc2)C1. The zero-order chi connectivity index (χ0) is 20.1. The molecule has 1 atom stereocenters. The smallest absolute Gasteiger partial charge is 0.271 e. The molecule has 7 heteroatoms. The molecule has 2 aromatic rings. The van der Waals surface area contributed by atoms with Crippen LogP contribution in [0, 0.1) is 5.92 Å². The average molecular weight is 396 g/mol. The van der Waals surface area contributed by atoms with Crippen LogP contribution in [-0.2, 0) is 12.8 Å². The summed E-state index contributed by atoms with van der Waals surface area (Å²) < 4.78 is 1.88. The van der Waals surface area contributed by atoms with Gasteiger partial charge in [-0.1, -0.05) is 42.1 Å². The minimum atomic E-state index is -0.203. The number of rotatable bonds is 6. The minimum Gasteiger partial charge on any atom is -0.312 e. The third-order valence-electron chi connectivity index (χ3n) is 4.85. The van der Waals surface area contributed by atoms with Crippen LogP contribution in [0.4, 0.5) is 0 Å². The van der Waals surface area contributed by atoms with E-state index in [-0.39, 0.29) is 5.91 Å². The van der Waals surface area contributed by atoms with Gasteiger partial charge >= 0.3 is 0 Å². The van der Waals surface area contributed by atoms with E-state index in [1.54, 1.807) is 18.1 Å². The standard InChI is InChI=1S/C21H25N5OS/c1-14(2)18-8-5-15(3)19(11-18)23-24-20(27)17-9-6-16(7-10-17)12-28-21-25-22-13-26(21)4/h5-7,9-10,13,18H,1,8,11-12H2,2-4H3,(H,24,27)/b23-19+/t18-/m0/s1. The van der Waals surface area contributed by atoms with E-state index in [9.17, 15) is 4.79 Å². The summed E-state index contributed by atoms with van der Waals surface area (Å²) in [5, 5.41) is 13.1. The summed E-state index contributed by atoms with van der Waals surface area (Å²) in [6.07, 6.45) is 5.65. The Labute approximate surface area is 169 Å². The normalized spacial score (nSPS) is 18.0. The van der Waals surface area contributed by atoms with Gasteiger partial charge in [0.05, 0.1) is 5.71 Å². The molecular weight excluding hydrogens is 370 g/mol. The lowest BCUT2D eigenvalue weighted by Gasteiger charge is -2.22. The molecule has 1 aromatic carbocycles. The highest BCUT2D eigenvalue weighted by molar-refractivity contribution is 7.98. The molecule has 0 fully saturated rings. The van der Waals surface area contributed by atoms with Crippen LogP contribution in [0.15, 0.2) is 64.7 Å². The number of aromatic nitrogens is 3. The van der Waals surface area contributed by atoms with Crippen molar-refractivity contribution in [3.63, 3.8) is 0 Å². The molecule has 3 rings (SSSR count). The Bertz CT molecular complexity index is 927. The Kier molecular flexibility index (Phi) is 6.46. The van der Waals surface area contributed by atoms with Crippen molar-refractivity contribution in [3.05, 3.63) is 65.5 Å². The number of hydrogen-bond donors (Lipinski definition) is 1. The Hall–Kier alpha value is -2.67. The van der Waals surface area contributed by atoms with E-state index in [4.69, 9.17) is 0 Å². The van der Waals surface area contributed by atoms with Gasteiger partial charge in [-0.2, -0.15) is 5.10 Å². The van der Waals surface area contributed by atoms with Gasteiger partial charge in [0.15, 0.2) is 5.16 Å². The van der Waals surface area contributed by atoms with Crippen LogP contribution >= 0.6 is 11.8 Å². The average Bonchev–Trinajstić information content (AvgIpc) is 3.10. The molecule has 1 heterocycles. The maximum absolute atomic E-state index is 12.4. The number of carbonyl (C=O) groups excluding carboxylic acids is 1. The quantitative estimate of drug-likeness (QED) is 0.454. The summed E-state index contributed by atoms with van der Waals surface area (Å²) in [5.74, 6) is 0.957. The summed E-state index contributed by atoms with van der Waals surface area (Å²) in [7, 11) is 1.92. The Morgan fingerprint density at radius 3 is 2.79 bits per heavy atom. The van der Waals surface area contributed by atoms with E-state index in [2.05, 4.69) is 33.4 Å². The van der Waals surface area contributed by atoms with E-state index in [1.807, 2.05) is 49.7 Å². The number of hydrazone groups is 1. The molecule has 0 bridgehead atoms. The number of carbonyl (C=O) groups is 1. The van der Waals surface area contributed by atoms with Gasteiger partial charge in [-0.3, -0.25) is 4.79 Å². The molecular formula is C21H25N5OS. The summed E-state index contributed by atoms with van der Waals surface area (Å²) in [5.41, 5.74) is 7.59. The van der Waals surface area contributed by atoms with Gasteiger partial charge in [0, 0.05) is 18.4 Å². The fourth-order valence-corrected chi connectivity index (χ4v) is 3.75. The number of hydrogen-bond acceptors (Lipinski definition) is 5. The molecule has 1 aliphatic rings. The fourth-order valence-electron chi connectivity index (χ4n) is 2.91. The summed E-state index contributed by atoms with van der Waals surface area (Å²) in [6.45, 7) is 8.12. The van der Waals surface area contributed by atoms with Crippen molar-refractivity contribution in [2.24, 2.45) is 18.1 Å². The van der Waals surface area contributed by atoms with Crippen LogP contribution in [0.2, 0.25) is 0 Å². The number of allylic oxidation sites excluding steroid dienone is 3. The highest BCUT2D eigenvalue weighted by atomic mass is 32.2. The third kappa shape index (κ3) is 4.98. The molecule has 1 aromatic heterocycles. The molecule has 0 radical (unpaired) electrons. The van der Waals surface area contributed by atoms with Crippen molar-refractivity contribution in [1.82, 2.24) is 20.2 Å². The van der Waals surface area contributed by atoms with Crippen molar-refractivity contribution in [2.45, 2.75) is 37.6 Å². The van der Waals surface area contributed by atoms with Crippen molar-refractivity contribution >= 4 is 23.4 Å². The summed E-state index contributed by atoms with van der Waals surface area (Å²) >= 11 is 1.61. The van der Waals surface area contributed by atoms with Gasteiger partial charge in [0.2, 0.25) is 0 Å². The van der Waals surface area contributed by atoms with Crippen LogP contribution < -0.4 is 5.43 Å². The minimum absolute atomic E-state index is 0.203. The monoisotopic (exact) mass is 395 g/mol. The van der Waals surface area contributed by atoms with Gasteiger partial charge < -0.3 is 4.57 Å². The molecule has 6 nitrogen and oxygen atoms in total. The molecule has 0 aliphatic heterocycles. The maximum atomic E-state index is 12.4. The molecule has 1 aliphatic carbocycles. The maximum Gasteiger partial charge on any atom is 0.271 e. The topological polar surface area (TPSA) is 72.2 Å². The molecule has 0 unspecified atom stereocenters. The number of nitrogens with zero attached hydrogens (tertiary/aromatic N) is 4. The molecule has 28 heavy (non-hydrogen) atoms. The number of nitrogens with one attached hydrogen (secondary N) is 1. The number of aryl methyl sites for hydroxylation is 1. The lowest BCUT2D eigenvalue weighted by Crippen LogP contribution is -2.23. The second kappa shape index (κ2) is 9.01. The molecule has 0 saturated carbocycles. The molecule has 1 N–H and O–H groups in total. The first-order valence-electron chi connectivity index (χ1n) is 9.19. The van der Waals surface area contributed by atoms with Gasteiger partial charge in [0.25, 0.3) is 5.91 Å². The van der Waals surface area contributed by atoms with Crippen LogP contribution in [-0.4, -0.2) is 26.4 Å². The lowest BCUT2D eigenvalue weighted by atomic mass is 9.85. The summed E-state index contributed by atoms with van der Waals surface area (Å²) in [4.78, 5) is 12.4. The second-order valence-corrected chi connectivity index (χ2v) is 8.02. The van der Waals surface area contributed by atoms with Crippen LogP contribution in [0.1, 0.15) is 42.6 Å². The fraction of sp³-hybridized carbons (Fsp3) is 0.333. The summed E-state index contributed by atoms with van der Waals surface area (Å²) in [6, 6.07) is 7.55. The van der Waals surface area contributed by atoms with Crippen molar-refractivity contribution < 1.29 is 4.79 Å². The van der Waals surface area contributed by atoms with Crippen molar-refractivity contribution in [3.8, 4) is 0 Å². The predicted octanol–water partition coefficient (Wildman–Crippen LogP) is 4.13. The molecule has 146 valence electrons. The van der Waals surface area contributed by atoms with Crippen molar-refractivity contribution in [1.29, 1.82) is 0 Å².